The van der Waals surface area contributed by atoms with Crippen LogP contribution in [0, 0.1) is 0 Å². The first kappa shape index (κ1) is 16.3. The summed E-state index contributed by atoms with van der Waals surface area (Å²) >= 11 is 0. The van der Waals surface area contributed by atoms with Crippen LogP contribution < -0.4 is 4.90 Å². The zero-order chi connectivity index (χ0) is 16.2. The highest BCUT2D eigenvalue weighted by Crippen LogP contribution is 2.28. The number of anilines is 1. The van der Waals surface area contributed by atoms with Crippen molar-refractivity contribution in [3.8, 4) is 0 Å². The fourth-order valence-corrected chi connectivity index (χ4v) is 3.75. The summed E-state index contributed by atoms with van der Waals surface area (Å²) in [4.78, 5) is 16.9. The molecule has 4 heteroatoms. The van der Waals surface area contributed by atoms with Crippen LogP contribution in [0.4, 0.5) is 5.69 Å². The molecule has 126 valence electrons. The van der Waals surface area contributed by atoms with Gasteiger partial charge in [0.05, 0.1) is 0 Å². The van der Waals surface area contributed by atoms with Crippen LogP contribution in [0.25, 0.3) is 0 Å². The van der Waals surface area contributed by atoms with E-state index in [1.165, 1.54) is 16.8 Å². The number of amides is 1. The maximum Gasteiger partial charge on any atom is 0.251 e. The predicted octanol–water partition coefficient (Wildman–Crippen LogP) is 2.64. The number of rotatable bonds is 4. The summed E-state index contributed by atoms with van der Waals surface area (Å²) in [5.74, 6) is 0.196. The van der Waals surface area contributed by atoms with E-state index in [0.29, 0.717) is 0 Å². The van der Waals surface area contributed by atoms with Crippen molar-refractivity contribution in [3.05, 3.63) is 29.3 Å². The SMILES string of the molecule is CCc1cccc(CC)c1N1CCN(C(=O)C2CCCO2)CC1. The first-order chi connectivity index (χ1) is 11.2. The minimum absolute atomic E-state index is 0.185. The fourth-order valence-electron chi connectivity index (χ4n) is 3.75. The molecule has 2 saturated heterocycles. The molecule has 2 aliphatic rings. The summed E-state index contributed by atoms with van der Waals surface area (Å²) in [6, 6.07) is 6.63. The van der Waals surface area contributed by atoms with Crippen molar-refractivity contribution in [1.82, 2.24) is 4.90 Å². The quantitative estimate of drug-likeness (QED) is 0.856. The second-order valence-electron chi connectivity index (χ2n) is 6.45. The Balaban J connectivity index is 1.68. The molecule has 23 heavy (non-hydrogen) atoms. The predicted molar refractivity (Wildman–Crippen MR) is 93.0 cm³/mol. The van der Waals surface area contributed by atoms with Crippen molar-refractivity contribution in [2.75, 3.05) is 37.7 Å². The van der Waals surface area contributed by atoms with Crippen LogP contribution in [-0.4, -0.2) is 49.7 Å². The average molecular weight is 316 g/mol. The largest absolute Gasteiger partial charge is 0.368 e. The summed E-state index contributed by atoms with van der Waals surface area (Å²) in [7, 11) is 0. The Morgan fingerprint density at radius 2 is 1.78 bits per heavy atom. The van der Waals surface area contributed by atoms with E-state index in [1.54, 1.807) is 0 Å². The van der Waals surface area contributed by atoms with E-state index >= 15 is 0 Å². The van der Waals surface area contributed by atoms with Crippen LogP contribution in [0.15, 0.2) is 18.2 Å². The second-order valence-corrected chi connectivity index (χ2v) is 6.45. The normalized spacial score (nSPS) is 21.7. The minimum atomic E-state index is -0.185. The summed E-state index contributed by atoms with van der Waals surface area (Å²) in [6.07, 6.45) is 3.82. The van der Waals surface area contributed by atoms with Gasteiger partial charge in [0.15, 0.2) is 0 Å². The molecule has 2 heterocycles. The molecule has 0 aliphatic carbocycles. The van der Waals surface area contributed by atoms with Crippen molar-refractivity contribution >= 4 is 11.6 Å². The Morgan fingerprint density at radius 3 is 2.30 bits per heavy atom. The zero-order valence-corrected chi connectivity index (χ0v) is 14.4. The van der Waals surface area contributed by atoms with E-state index in [2.05, 4.69) is 36.9 Å². The Labute approximate surface area is 139 Å². The molecule has 1 amide bonds. The van der Waals surface area contributed by atoms with Crippen molar-refractivity contribution in [2.45, 2.75) is 45.6 Å². The van der Waals surface area contributed by atoms with Gasteiger partial charge in [-0.15, -0.1) is 0 Å². The lowest BCUT2D eigenvalue weighted by atomic mass is 10.0. The van der Waals surface area contributed by atoms with E-state index < -0.39 is 0 Å². The third-order valence-electron chi connectivity index (χ3n) is 5.08. The molecule has 1 aromatic rings. The smallest absolute Gasteiger partial charge is 0.251 e. The Bertz CT molecular complexity index is 522. The molecular weight excluding hydrogens is 288 g/mol. The number of hydrogen-bond donors (Lipinski definition) is 0. The monoisotopic (exact) mass is 316 g/mol. The van der Waals surface area contributed by atoms with Crippen molar-refractivity contribution in [1.29, 1.82) is 0 Å². The third-order valence-corrected chi connectivity index (χ3v) is 5.08. The highest BCUT2D eigenvalue weighted by atomic mass is 16.5. The molecule has 3 rings (SSSR count). The average Bonchev–Trinajstić information content (AvgIpc) is 3.15. The molecule has 0 radical (unpaired) electrons. The molecule has 1 unspecified atom stereocenters. The topological polar surface area (TPSA) is 32.8 Å². The number of piperazine rings is 1. The van der Waals surface area contributed by atoms with Crippen molar-refractivity contribution < 1.29 is 9.53 Å². The first-order valence-corrected chi connectivity index (χ1v) is 9.00. The molecule has 1 atom stereocenters. The zero-order valence-electron chi connectivity index (χ0n) is 14.4. The lowest BCUT2D eigenvalue weighted by Crippen LogP contribution is -2.51. The highest BCUT2D eigenvalue weighted by Gasteiger charge is 2.30. The van der Waals surface area contributed by atoms with E-state index in [0.717, 1.165) is 58.5 Å². The minimum Gasteiger partial charge on any atom is -0.368 e. The molecule has 0 spiro atoms. The molecule has 2 aliphatic heterocycles. The molecule has 0 aromatic heterocycles. The number of nitrogens with zero attached hydrogens (tertiary/aromatic N) is 2. The number of carbonyl (C=O) groups excluding carboxylic acids is 1. The molecular formula is C19H28N2O2. The number of ether oxygens (including phenoxy) is 1. The fraction of sp³-hybridized carbons (Fsp3) is 0.632. The van der Waals surface area contributed by atoms with Gasteiger partial charge in [-0.3, -0.25) is 4.79 Å². The summed E-state index contributed by atoms with van der Waals surface area (Å²) < 4.78 is 5.55. The van der Waals surface area contributed by atoms with Gasteiger partial charge in [0, 0.05) is 38.5 Å². The van der Waals surface area contributed by atoms with E-state index in [4.69, 9.17) is 4.74 Å². The maximum atomic E-state index is 12.5. The Kier molecular flexibility index (Phi) is 5.21. The molecule has 0 N–H and O–H groups in total. The molecule has 4 nitrogen and oxygen atoms in total. The van der Waals surface area contributed by atoms with Crippen LogP contribution in [0.3, 0.4) is 0 Å². The lowest BCUT2D eigenvalue weighted by molar-refractivity contribution is -0.141. The Hall–Kier alpha value is -1.55. The number of benzene rings is 1. The van der Waals surface area contributed by atoms with Gasteiger partial charge in [0.25, 0.3) is 5.91 Å². The molecule has 1 aromatic carbocycles. The Morgan fingerprint density at radius 1 is 1.13 bits per heavy atom. The number of hydrogen-bond acceptors (Lipinski definition) is 3. The maximum absolute atomic E-state index is 12.5. The van der Waals surface area contributed by atoms with Crippen LogP contribution >= 0.6 is 0 Å². The van der Waals surface area contributed by atoms with Gasteiger partial charge in [0.2, 0.25) is 0 Å². The first-order valence-electron chi connectivity index (χ1n) is 9.00. The van der Waals surface area contributed by atoms with Gasteiger partial charge in [0.1, 0.15) is 6.10 Å². The number of para-hydroxylation sites is 1. The van der Waals surface area contributed by atoms with Gasteiger partial charge >= 0.3 is 0 Å². The van der Waals surface area contributed by atoms with Gasteiger partial charge in [-0.2, -0.15) is 0 Å². The van der Waals surface area contributed by atoms with E-state index in [1.807, 2.05) is 4.90 Å². The van der Waals surface area contributed by atoms with Gasteiger partial charge in [-0.1, -0.05) is 32.0 Å². The summed E-state index contributed by atoms with van der Waals surface area (Å²) in [5, 5.41) is 0. The standard InChI is InChI=1S/C19H28N2O2/c1-3-15-7-5-8-16(4-2)18(15)20-10-12-21(13-11-20)19(22)17-9-6-14-23-17/h5,7-8,17H,3-4,6,9-14H2,1-2H3. The van der Waals surface area contributed by atoms with E-state index in [-0.39, 0.29) is 12.0 Å². The van der Waals surface area contributed by atoms with E-state index in [9.17, 15) is 4.79 Å². The lowest BCUT2D eigenvalue weighted by Gasteiger charge is -2.38. The van der Waals surface area contributed by atoms with Crippen LogP contribution in [0.2, 0.25) is 0 Å². The van der Waals surface area contributed by atoms with Crippen molar-refractivity contribution in [3.63, 3.8) is 0 Å². The summed E-state index contributed by atoms with van der Waals surface area (Å²) in [6.45, 7) is 8.62. The molecule has 2 fully saturated rings. The highest BCUT2D eigenvalue weighted by molar-refractivity contribution is 5.81. The summed E-state index contributed by atoms with van der Waals surface area (Å²) in [5.41, 5.74) is 4.24. The van der Waals surface area contributed by atoms with Gasteiger partial charge in [-0.05, 0) is 36.8 Å². The molecule has 0 saturated carbocycles. The van der Waals surface area contributed by atoms with Crippen molar-refractivity contribution in [2.24, 2.45) is 0 Å². The molecule has 0 bridgehead atoms. The number of carbonyl (C=O) groups is 1. The van der Waals surface area contributed by atoms with Crippen LogP contribution in [0.1, 0.15) is 37.8 Å². The van der Waals surface area contributed by atoms with Gasteiger partial charge < -0.3 is 14.5 Å². The van der Waals surface area contributed by atoms with Crippen LogP contribution in [-0.2, 0) is 22.4 Å². The van der Waals surface area contributed by atoms with Gasteiger partial charge in [-0.25, -0.2) is 0 Å². The number of aryl methyl sites for hydroxylation is 2. The van der Waals surface area contributed by atoms with Crippen LogP contribution in [0.5, 0.6) is 0 Å². The third kappa shape index (κ3) is 3.37. The second kappa shape index (κ2) is 7.35.